The van der Waals surface area contributed by atoms with Crippen LogP contribution in [0.15, 0.2) is 0 Å². The molecule has 2 rings (SSSR count). The van der Waals surface area contributed by atoms with Gasteiger partial charge in [0.15, 0.2) is 0 Å². The van der Waals surface area contributed by atoms with E-state index in [0.717, 1.165) is 31.7 Å². The minimum Gasteiger partial charge on any atom is -0.314 e. The van der Waals surface area contributed by atoms with E-state index in [-0.39, 0.29) is 5.25 Å². The normalized spacial score (nSPS) is 35.3. The summed E-state index contributed by atoms with van der Waals surface area (Å²) in [6, 6.07) is 0.663. The summed E-state index contributed by atoms with van der Waals surface area (Å²) in [5.41, 5.74) is 0. The Morgan fingerprint density at radius 3 is 2.33 bits per heavy atom. The molecule has 21 heavy (non-hydrogen) atoms. The third-order valence-corrected chi connectivity index (χ3v) is 7.23. The van der Waals surface area contributed by atoms with Crippen LogP contribution in [0.25, 0.3) is 0 Å². The van der Waals surface area contributed by atoms with E-state index in [9.17, 15) is 8.42 Å². The molecular formula is C17H33NO2S. The van der Waals surface area contributed by atoms with Crippen molar-refractivity contribution in [1.29, 1.82) is 0 Å². The molecule has 124 valence electrons. The molecule has 0 aromatic carbocycles. The Labute approximate surface area is 131 Å². The van der Waals surface area contributed by atoms with E-state index in [1.165, 1.54) is 51.2 Å². The Bertz CT molecular complexity index is 407. The van der Waals surface area contributed by atoms with Gasteiger partial charge < -0.3 is 5.32 Å². The lowest BCUT2D eigenvalue weighted by atomic mass is 9.76. The van der Waals surface area contributed by atoms with Crippen molar-refractivity contribution >= 4 is 9.84 Å². The topological polar surface area (TPSA) is 46.2 Å². The molecule has 0 saturated heterocycles. The Morgan fingerprint density at radius 1 is 0.952 bits per heavy atom. The number of nitrogens with one attached hydrogen (secondary N) is 1. The maximum absolute atomic E-state index is 11.9. The zero-order valence-electron chi connectivity index (χ0n) is 13.8. The summed E-state index contributed by atoms with van der Waals surface area (Å²) in [4.78, 5) is 0. The molecule has 2 saturated carbocycles. The maximum atomic E-state index is 11.9. The minimum absolute atomic E-state index is 0.0680. The molecular weight excluding hydrogens is 282 g/mol. The van der Waals surface area contributed by atoms with Crippen LogP contribution in [0, 0.1) is 11.8 Å². The van der Waals surface area contributed by atoms with Gasteiger partial charge >= 0.3 is 0 Å². The van der Waals surface area contributed by atoms with Crippen LogP contribution in [0.1, 0.15) is 71.1 Å². The third-order valence-electron chi connectivity index (χ3n) is 5.59. The molecule has 0 aliphatic heterocycles. The Kier molecular flexibility index (Phi) is 6.54. The molecule has 0 spiro atoms. The van der Waals surface area contributed by atoms with Gasteiger partial charge in [0.2, 0.25) is 0 Å². The lowest BCUT2D eigenvalue weighted by molar-refractivity contribution is 0.215. The maximum Gasteiger partial charge on any atom is 0.150 e. The van der Waals surface area contributed by atoms with E-state index < -0.39 is 9.84 Å². The first-order valence-corrected chi connectivity index (χ1v) is 10.9. The lowest BCUT2D eigenvalue weighted by Crippen LogP contribution is -2.35. The lowest BCUT2D eigenvalue weighted by Gasteiger charge is -2.34. The van der Waals surface area contributed by atoms with Gasteiger partial charge in [0.05, 0.1) is 5.25 Å². The molecule has 0 radical (unpaired) electrons. The summed E-state index contributed by atoms with van der Waals surface area (Å²) in [6.45, 7) is 3.34. The van der Waals surface area contributed by atoms with Gasteiger partial charge in [-0.1, -0.05) is 39.0 Å². The van der Waals surface area contributed by atoms with E-state index in [1.807, 2.05) is 0 Å². The molecule has 2 aliphatic carbocycles. The van der Waals surface area contributed by atoms with Crippen LogP contribution in [-0.4, -0.2) is 32.5 Å². The predicted molar refractivity (Wildman–Crippen MR) is 89.2 cm³/mol. The summed E-state index contributed by atoms with van der Waals surface area (Å²) >= 11 is 0. The fourth-order valence-electron chi connectivity index (χ4n) is 4.36. The van der Waals surface area contributed by atoms with Gasteiger partial charge in [-0.25, -0.2) is 8.42 Å². The Hall–Kier alpha value is -0.0900. The van der Waals surface area contributed by atoms with Crippen molar-refractivity contribution in [2.24, 2.45) is 11.8 Å². The van der Waals surface area contributed by atoms with Crippen molar-refractivity contribution in [1.82, 2.24) is 5.32 Å². The highest BCUT2D eigenvalue weighted by atomic mass is 32.2. The van der Waals surface area contributed by atoms with Gasteiger partial charge in [-0.05, 0) is 50.5 Å². The van der Waals surface area contributed by atoms with Crippen LogP contribution in [0.4, 0.5) is 0 Å². The van der Waals surface area contributed by atoms with Crippen molar-refractivity contribution < 1.29 is 8.42 Å². The highest BCUT2D eigenvalue weighted by Gasteiger charge is 2.34. The smallest absolute Gasteiger partial charge is 0.150 e. The molecule has 4 heteroatoms. The van der Waals surface area contributed by atoms with Gasteiger partial charge in [-0.2, -0.15) is 0 Å². The zero-order valence-corrected chi connectivity index (χ0v) is 14.6. The van der Waals surface area contributed by atoms with E-state index in [1.54, 1.807) is 0 Å². The molecule has 0 aromatic heterocycles. The zero-order chi connectivity index (χ0) is 15.3. The number of rotatable bonds is 5. The SMILES string of the molecule is CCCNC1CCCCC(C2CCCC(S(C)(=O)=O)C2)C1. The number of hydrogen-bond acceptors (Lipinski definition) is 3. The number of sulfone groups is 1. The first-order chi connectivity index (χ1) is 10.0. The third kappa shape index (κ3) is 5.24. The fraction of sp³-hybridized carbons (Fsp3) is 1.00. The average Bonchev–Trinajstić information content (AvgIpc) is 2.70. The monoisotopic (exact) mass is 315 g/mol. The van der Waals surface area contributed by atoms with Crippen molar-refractivity contribution in [3.63, 3.8) is 0 Å². The van der Waals surface area contributed by atoms with E-state index >= 15 is 0 Å². The van der Waals surface area contributed by atoms with Gasteiger partial charge in [-0.3, -0.25) is 0 Å². The fourth-order valence-corrected chi connectivity index (χ4v) is 5.55. The van der Waals surface area contributed by atoms with Crippen LogP contribution in [0.2, 0.25) is 0 Å². The van der Waals surface area contributed by atoms with Gasteiger partial charge in [0.25, 0.3) is 0 Å². The molecule has 4 atom stereocenters. The van der Waals surface area contributed by atoms with Gasteiger partial charge in [0, 0.05) is 12.3 Å². The molecule has 2 aliphatic rings. The van der Waals surface area contributed by atoms with Gasteiger partial charge in [-0.15, -0.1) is 0 Å². The number of hydrogen-bond donors (Lipinski definition) is 1. The second kappa shape index (κ2) is 7.96. The predicted octanol–water partition coefficient (Wildman–Crippen LogP) is 3.54. The Morgan fingerprint density at radius 2 is 1.62 bits per heavy atom. The van der Waals surface area contributed by atoms with Crippen molar-refractivity contribution in [3.8, 4) is 0 Å². The molecule has 4 unspecified atom stereocenters. The second-order valence-electron chi connectivity index (χ2n) is 7.31. The molecule has 0 aromatic rings. The molecule has 0 amide bonds. The van der Waals surface area contributed by atoms with Crippen LogP contribution in [-0.2, 0) is 9.84 Å². The summed E-state index contributed by atoms with van der Waals surface area (Å²) in [7, 11) is -2.85. The van der Waals surface area contributed by atoms with Crippen molar-refractivity contribution in [2.75, 3.05) is 12.8 Å². The molecule has 0 heterocycles. The highest BCUT2D eigenvalue weighted by Crippen LogP contribution is 2.39. The summed E-state index contributed by atoms with van der Waals surface area (Å²) in [6.07, 6.45) is 13.3. The second-order valence-corrected chi connectivity index (χ2v) is 9.64. The van der Waals surface area contributed by atoms with Crippen LogP contribution < -0.4 is 5.32 Å². The van der Waals surface area contributed by atoms with E-state index in [2.05, 4.69) is 12.2 Å². The summed E-state index contributed by atoms with van der Waals surface area (Å²) in [5, 5.41) is 3.64. The van der Waals surface area contributed by atoms with Gasteiger partial charge in [0.1, 0.15) is 9.84 Å². The van der Waals surface area contributed by atoms with Crippen molar-refractivity contribution in [2.45, 2.75) is 82.4 Å². The van der Waals surface area contributed by atoms with E-state index in [4.69, 9.17) is 0 Å². The van der Waals surface area contributed by atoms with Crippen LogP contribution in [0.3, 0.4) is 0 Å². The molecule has 1 N–H and O–H groups in total. The Balaban J connectivity index is 1.95. The highest BCUT2D eigenvalue weighted by molar-refractivity contribution is 7.91. The first kappa shape index (κ1) is 17.3. The standard InChI is InChI=1S/C17H33NO2S/c1-3-11-18-16-9-5-4-7-14(12-16)15-8-6-10-17(13-15)21(2,19)20/h14-18H,3-13H2,1-2H3. The average molecular weight is 316 g/mol. The molecule has 2 fully saturated rings. The van der Waals surface area contributed by atoms with Crippen molar-refractivity contribution in [3.05, 3.63) is 0 Å². The summed E-state index contributed by atoms with van der Waals surface area (Å²) < 4.78 is 23.8. The van der Waals surface area contributed by atoms with Crippen LogP contribution >= 0.6 is 0 Å². The van der Waals surface area contributed by atoms with Crippen LogP contribution in [0.5, 0.6) is 0 Å². The first-order valence-electron chi connectivity index (χ1n) is 8.93. The summed E-state index contributed by atoms with van der Waals surface area (Å²) in [5.74, 6) is 1.38. The minimum atomic E-state index is -2.85. The largest absolute Gasteiger partial charge is 0.314 e. The quantitative estimate of drug-likeness (QED) is 0.789. The molecule has 3 nitrogen and oxygen atoms in total. The van der Waals surface area contributed by atoms with E-state index in [0.29, 0.717) is 12.0 Å². The molecule has 0 bridgehead atoms.